The van der Waals surface area contributed by atoms with Gasteiger partial charge in [-0.3, -0.25) is 4.90 Å². The molecule has 1 aromatic carbocycles. The minimum Gasteiger partial charge on any atom is -0.468 e. The Labute approximate surface area is 122 Å². The second kappa shape index (κ2) is 7.02. The zero-order valence-electron chi connectivity index (χ0n) is 11.4. The van der Waals surface area contributed by atoms with Crippen LogP contribution in [0.25, 0.3) is 0 Å². The van der Waals surface area contributed by atoms with Crippen molar-refractivity contribution in [2.45, 2.75) is 12.5 Å². The predicted molar refractivity (Wildman–Crippen MR) is 75.2 cm³/mol. The van der Waals surface area contributed by atoms with Crippen LogP contribution in [0.1, 0.15) is 18.0 Å². The molecule has 0 aromatic heterocycles. The summed E-state index contributed by atoms with van der Waals surface area (Å²) in [5.74, 6) is -0.903. The molecule has 0 saturated carbocycles. The molecule has 1 fully saturated rings. The fraction of sp³-hybridized carbons (Fsp3) is 0.500. The summed E-state index contributed by atoms with van der Waals surface area (Å²) in [5.41, 5.74) is 0.570. The number of nitrogens with one attached hydrogen (secondary N) is 1. The Bertz CT molecular complexity index is 476. The third-order valence-corrected chi connectivity index (χ3v) is 3.73. The number of carbonyl (C=O) groups excluding carboxylic acids is 1. The summed E-state index contributed by atoms with van der Waals surface area (Å²) in [6.45, 7) is 3.18. The van der Waals surface area contributed by atoms with Gasteiger partial charge in [-0.25, -0.2) is 9.18 Å². The molecule has 1 saturated heterocycles. The molecular weight excluding hydrogens is 283 g/mol. The Kier molecular flexibility index (Phi) is 5.34. The lowest BCUT2D eigenvalue weighted by Gasteiger charge is -2.28. The molecule has 4 nitrogen and oxygen atoms in total. The first-order valence-electron chi connectivity index (χ1n) is 6.61. The van der Waals surface area contributed by atoms with Gasteiger partial charge in [-0.1, -0.05) is 17.7 Å². The van der Waals surface area contributed by atoms with Gasteiger partial charge in [-0.05, 0) is 30.7 Å². The lowest BCUT2D eigenvalue weighted by Crippen LogP contribution is -2.37. The topological polar surface area (TPSA) is 41.6 Å². The van der Waals surface area contributed by atoms with Gasteiger partial charge in [-0.15, -0.1) is 0 Å². The molecule has 6 heteroatoms. The fourth-order valence-electron chi connectivity index (χ4n) is 2.41. The lowest BCUT2D eigenvalue weighted by molar-refractivity contribution is -0.147. The lowest BCUT2D eigenvalue weighted by atomic mass is 10.0. The molecular formula is C14H18ClFN2O2. The summed E-state index contributed by atoms with van der Waals surface area (Å²) in [6, 6.07) is 3.86. The molecule has 1 N–H and O–H groups in total. The maximum atomic E-state index is 13.6. The van der Waals surface area contributed by atoms with Crippen LogP contribution in [0.3, 0.4) is 0 Å². The van der Waals surface area contributed by atoms with Crippen molar-refractivity contribution in [1.82, 2.24) is 10.2 Å². The van der Waals surface area contributed by atoms with E-state index < -0.39 is 11.9 Å². The number of benzene rings is 1. The standard InChI is InChI=1S/C14H18ClFN2O2/c1-20-14(19)13(18-7-2-5-17-6-8-18)10-3-4-11(15)12(16)9-10/h3-4,9,13,17H,2,5-8H2,1H3. The molecule has 1 aromatic rings. The van der Waals surface area contributed by atoms with E-state index in [9.17, 15) is 9.18 Å². The number of hydrogen-bond donors (Lipinski definition) is 1. The van der Waals surface area contributed by atoms with Crippen LogP contribution >= 0.6 is 11.6 Å². The monoisotopic (exact) mass is 300 g/mol. The van der Waals surface area contributed by atoms with E-state index in [-0.39, 0.29) is 11.0 Å². The van der Waals surface area contributed by atoms with E-state index in [0.717, 1.165) is 26.1 Å². The Morgan fingerprint density at radius 1 is 1.45 bits per heavy atom. The molecule has 1 unspecified atom stereocenters. The largest absolute Gasteiger partial charge is 0.468 e. The maximum Gasteiger partial charge on any atom is 0.327 e. The summed E-state index contributed by atoms with van der Waals surface area (Å²) >= 11 is 5.70. The minimum absolute atomic E-state index is 0.0508. The van der Waals surface area contributed by atoms with Crippen LogP contribution in [0, 0.1) is 5.82 Å². The first kappa shape index (κ1) is 15.2. The van der Waals surface area contributed by atoms with E-state index in [4.69, 9.17) is 16.3 Å². The summed E-state index contributed by atoms with van der Waals surface area (Å²) in [4.78, 5) is 14.1. The van der Waals surface area contributed by atoms with E-state index >= 15 is 0 Å². The summed E-state index contributed by atoms with van der Waals surface area (Å²) in [7, 11) is 1.34. The Morgan fingerprint density at radius 2 is 2.25 bits per heavy atom. The Hall–Kier alpha value is -1.17. The molecule has 1 heterocycles. The van der Waals surface area contributed by atoms with E-state index in [2.05, 4.69) is 5.32 Å². The third-order valence-electron chi connectivity index (χ3n) is 3.42. The van der Waals surface area contributed by atoms with Gasteiger partial charge in [0.2, 0.25) is 0 Å². The fourth-order valence-corrected chi connectivity index (χ4v) is 2.53. The van der Waals surface area contributed by atoms with Crippen LogP contribution in [-0.4, -0.2) is 44.2 Å². The molecule has 0 radical (unpaired) electrons. The van der Waals surface area contributed by atoms with E-state index in [1.807, 2.05) is 4.90 Å². The Balaban J connectivity index is 2.30. The zero-order valence-corrected chi connectivity index (χ0v) is 12.1. The van der Waals surface area contributed by atoms with Crippen molar-refractivity contribution in [2.24, 2.45) is 0 Å². The van der Waals surface area contributed by atoms with Crippen LogP contribution in [0.2, 0.25) is 5.02 Å². The molecule has 0 bridgehead atoms. The van der Waals surface area contributed by atoms with Crippen LogP contribution < -0.4 is 5.32 Å². The highest BCUT2D eigenvalue weighted by molar-refractivity contribution is 6.30. The van der Waals surface area contributed by atoms with E-state index in [1.54, 1.807) is 6.07 Å². The van der Waals surface area contributed by atoms with Crippen LogP contribution in [0.5, 0.6) is 0 Å². The summed E-state index contributed by atoms with van der Waals surface area (Å²) < 4.78 is 18.5. The molecule has 0 amide bonds. The molecule has 1 aliphatic rings. The second-order valence-electron chi connectivity index (χ2n) is 4.74. The maximum absolute atomic E-state index is 13.6. The number of methoxy groups -OCH3 is 1. The molecule has 2 rings (SSSR count). The SMILES string of the molecule is COC(=O)C(c1ccc(Cl)c(F)c1)N1CCCNCC1. The summed E-state index contributed by atoms with van der Waals surface area (Å²) in [6.07, 6.45) is 0.934. The zero-order chi connectivity index (χ0) is 14.5. The number of hydrogen-bond acceptors (Lipinski definition) is 4. The quantitative estimate of drug-likeness (QED) is 0.867. The van der Waals surface area contributed by atoms with Crippen molar-refractivity contribution in [3.63, 3.8) is 0 Å². The highest BCUT2D eigenvalue weighted by Gasteiger charge is 2.29. The number of esters is 1. The van der Waals surface area contributed by atoms with Crippen molar-refractivity contribution in [2.75, 3.05) is 33.3 Å². The molecule has 1 aliphatic heterocycles. The van der Waals surface area contributed by atoms with Crippen molar-refractivity contribution in [1.29, 1.82) is 0 Å². The predicted octanol–water partition coefficient (Wildman–Crippen LogP) is 1.99. The van der Waals surface area contributed by atoms with E-state index in [0.29, 0.717) is 12.1 Å². The third kappa shape index (κ3) is 3.48. The van der Waals surface area contributed by atoms with Crippen molar-refractivity contribution in [3.05, 3.63) is 34.6 Å². The second-order valence-corrected chi connectivity index (χ2v) is 5.15. The summed E-state index contributed by atoms with van der Waals surface area (Å²) in [5, 5.41) is 3.32. The number of halogens is 2. The van der Waals surface area contributed by atoms with Gasteiger partial charge >= 0.3 is 5.97 Å². The molecule has 1 atom stereocenters. The van der Waals surface area contributed by atoms with E-state index in [1.165, 1.54) is 19.2 Å². The normalized spacial score (nSPS) is 18.4. The van der Waals surface area contributed by atoms with Crippen LogP contribution in [-0.2, 0) is 9.53 Å². The number of nitrogens with zero attached hydrogens (tertiary/aromatic N) is 1. The Morgan fingerprint density at radius 3 is 2.95 bits per heavy atom. The van der Waals surface area contributed by atoms with Gasteiger partial charge in [0.1, 0.15) is 11.9 Å². The highest BCUT2D eigenvalue weighted by Crippen LogP contribution is 2.26. The van der Waals surface area contributed by atoms with Crippen molar-refractivity contribution < 1.29 is 13.9 Å². The molecule has 20 heavy (non-hydrogen) atoms. The minimum atomic E-state index is -0.591. The van der Waals surface area contributed by atoms with Crippen molar-refractivity contribution >= 4 is 17.6 Å². The van der Waals surface area contributed by atoms with Gasteiger partial charge in [-0.2, -0.15) is 0 Å². The number of carbonyl (C=O) groups is 1. The van der Waals surface area contributed by atoms with Crippen LogP contribution in [0.4, 0.5) is 4.39 Å². The van der Waals surface area contributed by atoms with Gasteiger partial charge in [0, 0.05) is 19.6 Å². The average molecular weight is 301 g/mol. The smallest absolute Gasteiger partial charge is 0.327 e. The van der Waals surface area contributed by atoms with Gasteiger partial charge < -0.3 is 10.1 Å². The van der Waals surface area contributed by atoms with Crippen molar-refractivity contribution in [3.8, 4) is 0 Å². The molecule has 0 spiro atoms. The number of rotatable bonds is 3. The molecule has 110 valence electrons. The average Bonchev–Trinajstić information content (AvgIpc) is 2.72. The molecule has 0 aliphatic carbocycles. The first-order chi connectivity index (χ1) is 9.63. The van der Waals surface area contributed by atoms with Gasteiger partial charge in [0.05, 0.1) is 12.1 Å². The highest BCUT2D eigenvalue weighted by atomic mass is 35.5. The van der Waals surface area contributed by atoms with Gasteiger partial charge in [0.15, 0.2) is 0 Å². The van der Waals surface area contributed by atoms with Crippen LogP contribution in [0.15, 0.2) is 18.2 Å². The number of ether oxygens (including phenoxy) is 1. The van der Waals surface area contributed by atoms with Gasteiger partial charge in [0.25, 0.3) is 0 Å². The first-order valence-corrected chi connectivity index (χ1v) is 6.99.